The van der Waals surface area contributed by atoms with E-state index in [-0.39, 0.29) is 11.9 Å². The molecule has 0 fully saturated rings. The zero-order valence-electron chi connectivity index (χ0n) is 22.6. The van der Waals surface area contributed by atoms with Gasteiger partial charge in [0.05, 0.1) is 11.1 Å². The summed E-state index contributed by atoms with van der Waals surface area (Å²) in [5.74, 6) is 0.282. The summed E-state index contributed by atoms with van der Waals surface area (Å²) in [6.45, 7) is 0. The van der Waals surface area contributed by atoms with Crippen LogP contribution in [0.4, 0.5) is 0 Å². The lowest BCUT2D eigenvalue weighted by Crippen LogP contribution is -2.08. The molecule has 0 saturated carbocycles. The predicted octanol–water partition coefficient (Wildman–Crippen LogP) is 9.13. The number of rotatable bonds is 7. The van der Waals surface area contributed by atoms with E-state index in [9.17, 15) is 9.59 Å². The zero-order chi connectivity index (χ0) is 28.7. The van der Waals surface area contributed by atoms with Crippen LogP contribution >= 0.6 is 0 Å². The summed E-state index contributed by atoms with van der Waals surface area (Å²) in [5, 5.41) is 0. The summed E-state index contributed by atoms with van der Waals surface area (Å²) in [6, 6.07) is 49.6. The largest absolute Gasteiger partial charge is 0.423 e. The van der Waals surface area contributed by atoms with E-state index in [4.69, 9.17) is 9.47 Å². The van der Waals surface area contributed by atoms with E-state index in [1.807, 2.05) is 60.7 Å². The van der Waals surface area contributed by atoms with Crippen LogP contribution < -0.4 is 9.47 Å². The fourth-order valence-electron chi connectivity index (χ4n) is 4.62. The van der Waals surface area contributed by atoms with Crippen molar-refractivity contribution in [2.45, 2.75) is 0 Å². The average molecular weight is 547 g/mol. The van der Waals surface area contributed by atoms with Gasteiger partial charge in [-0.3, -0.25) is 0 Å². The monoisotopic (exact) mass is 546 g/mol. The third-order valence-corrected chi connectivity index (χ3v) is 6.92. The molecule has 4 heteroatoms. The Kier molecular flexibility index (Phi) is 7.69. The number of carbonyl (C=O) groups excluding carboxylic acids is 2. The molecule has 202 valence electrons. The highest BCUT2D eigenvalue weighted by atomic mass is 16.5. The lowest BCUT2D eigenvalue weighted by molar-refractivity contribution is 0.0725. The lowest BCUT2D eigenvalue weighted by atomic mass is 9.97. The van der Waals surface area contributed by atoms with E-state index in [2.05, 4.69) is 48.5 Å². The molecule has 0 unspecified atom stereocenters. The minimum atomic E-state index is -0.381. The van der Waals surface area contributed by atoms with E-state index in [0.717, 1.165) is 33.4 Å². The molecule has 0 aliphatic heterocycles. The Hall–Kier alpha value is -5.74. The molecule has 6 aromatic rings. The summed E-state index contributed by atoms with van der Waals surface area (Å²) in [6.07, 6.45) is 0. The Morgan fingerprint density at radius 3 is 0.810 bits per heavy atom. The van der Waals surface area contributed by atoms with Gasteiger partial charge in [0.2, 0.25) is 0 Å². The topological polar surface area (TPSA) is 52.6 Å². The highest BCUT2D eigenvalue weighted by molar-refractivity contribution is 5.92. The quantitative estimate of drug-likeness (QED) is 0.148. The Morgan fingerprint density at radius 2 is 0.548 bits per heavy atom. The predicted molar refractivity (Wildman–Crippen MR) is 166 cm³/mol. The highest BCUT2D eigenvalue weighted by Gasteiger charge is 2.10. The summed E-state index contributed by atoms with van der Waals surface area (Å²) in [5.41, 5.74) is 7.36. The van der Waals surface area contributed by atoms with Gasteiger partial charge in [0.25, 0.3) is 0 Å². The number of esters is 2. The molecule has 6 rings (SSSR count). The second-order valence-electron chi connectivity index (χ2n) is 9.71. The van der Waals surface area contributed by atoms with Gasteiger partial charge >= 0.3 is 11.9 Å². The minimum absolute atomic E-state index is 0.381. The van der Waals surface area contributed by atoms with Crippen LogP contribution in [0.3, 0.4) is 0 Å². The molecule has 6 aromatic carbocycles. The van der Waals surface area contributed by atoms with Crippen molar-refractivity contribution in [3.63, 3.8) is 0 Å². The normalized spacial score (nSPS) is 10.6. The van der Waals surface area contributed by atoms with Crippen LogP contribution in [-0.2, 0) is 0 Å². The van der Waals surface area contributed by atoms with Gasteiger partial charge in [-0.25, -0.2) is 9.59 Å². The number of carbonyl (C=O) groups is 2. The van der Waals surface area contributed by atoms with Gasteiger partial charge in [0.15, 0.2) is 0 Å². The number of hydrogen-bond donors (Lipinski definition) is 0. The molecule has 0 spiro atoms. The lowest BCUT2D eigenvalue weighted by Gasteiger charge is -2.08. The molecule has 0 aliphatic rings. The smallest absolute Gasteiger partial charge is 0.343 e. The first-order valence-corrected chi connectivity index (χ1v) is 13.6. The van der Waals surface area contributed by atoms with Crippen molar-refractivity contribution in [2.24, 2.45) is 0 Å². The van der Waals surface area contributed by atoms with Gasteiger partial charge in [-0.1, -0.05) is 109 Å². The second-order valence-corrected chi connectivity index (χ2v) is 9.71. The molecule has 0 N–H and O–H groups in total. The van der Waals surface area contributed by atoms with Gasteiger partial charge in [0.1, 0.15) is 11.5 Å². The van der Waals surface area contributed by atoms with Crippen molar-refractivity contribution >= 4 is 11.9 Å². The summed E-state index contributed by atoms with van der Waals surface area (Å²) >= 11 is 0. The van der Waals surface area contributed by atoms with Gasteiger partial charge in [-0.2, -0.15) is 0 Å². The van der Waals surface area contributed by atoms with Crippen LogP contribution in [0.5, 0.6) is 11.5 Å². The fraction of sp³-hybridized carbons (Fsp3) is 0. The number of para-hydroxylation sites is 2. The molecular weight excluding hydrogens is 520 g/mol. The van der Waals surface area contributed by atoms with Crippen LogP contribution in [0.25, 0.3) is 33.4 Å². The summed E-state index contributed by atoms with van der Waals surface area (Å²) in [7, 11) is 0. The van der Waals surface area contributed by atoms with Crippen molar-refractivity contribution < 1.29 is 19.1 Å². The Bertz CT molecular complexity index is 1650. The van der Waals surface area contributed by atoms with Crippen molar-refractivity contribution in [1.82, 2.24) is 0 Å². The van der Waals surface area contributed by atoms with Crippen LogP contribution in [0.1, 0.15) is 20.7 Å². The van der Waals surface area contributed by atoms with Crippen molar-refractivity contribution in [1.29, 1.82) is 0 Å². The summed E-state index contributed by atoms with van der Waals surface area (Å²) in [4.78, 5) is 24.9. The summed E-state index contributed by atoms with van der Waals surface area (Å²) < 4.78 is 10.8. The molecule has 0 heterocycles. The molecular formula is C38H26O4. The van der Waals surface area contributed by atoms with E-state index in [1.165, 1.54) is 0 Å². The number of ether oxygens (including phenoxy) is 2. The first-order valence-electron chi connectivity index (χ1n) is 13.6. The van der Waals surface area contributed by atoms with E-state index >= 15 is 0 Å². The molecule has 0 saturated heterocycles. The SMILES string of the molecule is O=C(Oc1ccccc1)c1ccc(-c2ccc(-c3ccc(-c4ccc(C(=O)Oc5ccccc5)cc4)cc3)cc2)cc1. The maximum Gasteiger partial charge on any atom is 0.343 e. The second kappa shape index (κ2) is 12.2. The van der Waals surface area contributed by atoms with E-state index in [0.29, 0.717) is 22.6 Å². The molecule has 0 aromatic heterocycles. The first kappa shape index (κ1) is 26.5. The third-order valence-electron chi connectivity index (χ3n) is 6.92. The van der Waals surface area contributed by atoms with Crippen molar-refractivity contribution in [3.05, 3.63) is 169 Å². The van der Waals surface area contributed by atoms with Gasteiger partial charge < -0.3 is 9.47 Å². The molecule has 42 heavy (non-hydrogen) atoms. The van der Waals surface area contributed by atoms with Crippen LogP contribution in [-0.4, -0.2) is 11.9 Å². The molecule has 0 atom stereocenters. The van der Waals surface area contributed by atoms with E-state index in [1.54, 1.807) is 48.5 Å². The Labute approximate surface area is 244 Å². The molecule has 0 aliphatic carbocycles. The molecule has 0 radical (unpaired) electrons. The Balaban J connectivity index is 1.09. The minimum Gasteiger partial charge on any atom is -0.423 e. The molecule has 4 nitrogen and oxygen atoms in total. The highest BCUT2D eigenvalue weighted by Crippen LogP contribution is 2.28. The average Bonchev–Trinajstić information content (AvgIpc) is 3.06. The molecule has 0 amide bonds. The van der Waals surface area contributed by atoms with Gasteiger partial charge in [0, 0.05) is 0 Å². The maximum atomic E-state index is 12.4. The van der Waals surface area contributed by atoms with Crippen molar-refractivity contribution in [2.75, 3.05) is 0 Å². The Morgan fingerprint density at radius 1 is 0.310 bits per heavy atom. The number of hydrogen-bond acceptors (Lipinski definition) is 4. The standard InChI is InChI=1S/C38H26O4/c39-37(41-35-7-3-1-4-8-35)33-23-19-31(20-24-33)29-15-11-27(12-16-29)28-13-17-30(18-14-28)32-21-25-34(26-22-32)38(40)42-36-9-5-2-6-10-36/h1-26H. The number of benzene rings is 6. The fourth-order valence-corrected chi connectivity index (χ4v) is 4.62. The molecule has 0 bridgehead atoms. The van der Waals surface area contributed by atoms with Crippen LogP contribution in [0, 0.1) is 0 Å². The first-order chi connectivity index (χ1) is 20.6. The zero-order valence-corrected chi connectivity index (χ0v) is 22.6. The van der Waals surface area contributed by atoms with Crippen LogP contribution in [0.2, 0.25) is 0 Å². The maximum absolute atomic E-state index is 12.4. The third kappa shape index (κ3) is 6.19. The van der Waals surface area contributed by atoms with Gasteiger partial charge in [-0.15, -0.1) is 0 Å². The van der Waals surface area contributed by atoms with E-state index < -0.39 is 0 Å². The van der Waals surface area contributed by atoms with Gasteiger partial charge in [-0.05, 0) is 81.9 Å². The van der Waals surface area contributed by atoms with Crippen molar-refractivity contribution in [3.8, 4) is 44.9 Å². The van der Waals surface area contributed by atoms with Crippen LogP contribution in [0.15, 0.2) is 158 Å².